The highest BCUT2D eigenvalue weighted by atomic mass is 19.4. The smallest absolute Gasteiger partial charge is 0.298 e. The molecule has 0 bridgehead atoms. The van der Waals surface area contributed by atoms with Gasteiger partial charge in [0.25, 0.3) is 0 Å². The van der Waals surface area contributed by atoms with Crippen LogP contribution in [0.2, 0.25) is 0 Å². The lowest BCUT2D eigenvalue weighted by Crippen LogP contribution is -2.36. The molecular weight excluding hydrogens is 300 g/mol. The maximum atomic E-state index is 13.2. The summed E-state index contributed by atoms with van der Waals surface area (Å²) in [7, 11) is 0. The van der Waals surface area contributed by atoms with Crippen LogP contribution in [0.5, 0.6) is 0 Å². The van der Waals surface area contributed by atoms with Crippen LogP contribution < -0.4 is 0 Å². The highest BCUT2D eigenvalue weighted by Gasteiger charge is 2.61. The van der Waals surface area contributed by atoms with Crippen LogP contribution in [0.3, 0.4) is 0 Å². The third-order valence-electron chi connectivity index (χ3n) is 2.47. The lowest BCUT2D eigenvalue weighted by molar-refractivity contribution is -0.291. The van der Waals surface area contributed by atoms with Crippen LogP contribution in [0.25, 0.3) is 0 Å². The van der Waals surface area contributed by atoms with E-state index >= 15 is 0 Å². The van der Waals surface area contributed by atoms with Crippen LogP contribution in [0, 0.1) is 6.92 Å². The molecule has 1 rings (SSSR count). The van der Waals surface area contributed by atoms with Crippen LogP contribution in [0.15, 0.2) is 12.1 Å². The Morgan fingerprint density at radius 2 is 1.45 bits per heavy atom. The molecule has 0 amide bonds. The molecule has 0 aliphatic heterocycles. The summed E-state index contributed by atoms with van der Waals surface area (Å²) in [6, 6.07) is 0.488. The number of hydrogen-bond donors (Lipinski definition) is 0. The first-order valence-electron chi connectivity index (χ1n) is 4.94. The summed E-state index contributed by atoms with van der Waals surface area (Å²) in [6.45, 7) is 0.700. The van der Waals surface area contributed by atoms with Crippen molar-refractivity contribution in [2.24, 2.45) is 0 Å². The number of carbonyl (C=O) groups excluding carboxylic acids is 1. The first-order valence-corrected chi connectivity index (χ1v) is 4.94. The first-order chi connectivity index (χ1) is 8.82. The Morgan fingerprint density at radius 3 is 1.80 bits per heavy atom. The molecule has 0 N–H and O–H groups in total. The molecule has 0 spiro atoms. The second-order valence-corrected chi connectivity index (χ2v) is 3.95. The maximum Gasteiger partial charge on any atom is 0.458 e. The van der Waals surface area contributed by atoms with Gasteiger partial charge in [-0.25, -0.2) is 0 Å². The number of alkyl halides is 8. The monoisotopic (exact) mass is 306 g/mol. The quantitative estimate of drug-likeness (QED) is 0.581. The molecule has 0 unspecified atom stereocenters. The number of aldehydes is 1. The molecule has 0 atom stereocenters. The largest absolute Gasteiger partial charge is 0.458 e. The Labute approximate surface area is 107 Å². The maximum absolute atomic E-state index is 13.2. The second-order valence-electron chi connectivity index (χ2n) is 3.95. The van der Waals surface area contributed by atoms with Crippen LogP contribution in [-0.2, 0) is 12.1 Å². The molecule has 0 aromatic heterocycles. The van der Waals surface area contributed by atoms with Crippen molar-refractivity contribution in [1.82, 2.24) is 0 Å². The van der Waals surface area contributed by atoms with Crippen molar-refractivity contribution in [2.75, 3.05) is 0 Å². The van der Waals surface area contributed by atoms with Crippen LogP contribution >= 0.6 is 0 Å². The van der Waals surface area contributed by atoms with Gasteiger partial charge in [-0.15, -0.1) is 0 Å². The minimum Gasteiger partial charge on any atom is -0.298 e. The first kappa shape index (κ1) is 16.4. The minimum absolute atomic E-state index is 0.101. The minimum atomic E-state index is -6.21. The molecule has 0 saturated carbocycles. The molecule has 0 aliphatic rings. The molecule has 0 heterocycles. The number of hydrogen-bond acceptors (Lipinski definition) is 1. The summed E-state index contributed by atoms with van der Waals surface area (Å²) in [5.74, 6) is -5.72. The summed E-state index contributed by atoms with van der Waals surface area (Å²) >= 11 is 0. The van der Waals surface area contributed by atoms with E-state index in [1.807, 2.05) is 0 Å². The highest BCUT2D eigenvalue weighted by Crippen LogP contribution is 2.49. The van der Waals surface area contributed by atoms with E-state index < -0.39 is 40.5 Å². The normalized spacial score (nSPS) is 13.4. The Balaban J connectivity index is 3.75. The fourth-order valence-electron chi connectivity index (χ4n) is 1.66. The highest BCUT2D eigenvalue weighted by molar-refractivity contribution is 5.76. The molecule has 20 heavy (non-hydrogen) atoms. The predicted molar refractivity (Wildman–Crippen MR) is 51.5 cm³/mol. The van der Waals surface area contributed by atoms with E-state index in [0.717, 1.165) is 0 Å². The van der Waals surface area contributed by atoms with Gasteiger partial charge in [-0.1, -0.05) is 0 Å². The van der Waals surface area contributed by atoms with E-state index in [4.69, 9.17) is 0 Å². The standard InChI is InChI=1S/C11H6F8O/c1-5-2-6(4-20)3-7(8(5)10(14,15)16)9(12,13)11(17,18)19/h2-4H,1H3. The van der Waals surface area contributed by atoms with Gasteiger partial charge in [0.15, 0.2) is 0 Å². The molecule has 0 saturated heterocycles. The van der Waals surface area contributed by atoms with Gasteiger partial charge in [0.05, 0.1) is 5.56 Å². The van der Waals surface area contributed by atoms with Crippen molar-refractivity contribution in [3.8, 4) is 0 Å². The van der Waals surface area contributed by atoms with Crippen molar-refractivity contribution >= 4 is 6.29 Å². The third-order valence-corrected chi connectivity index (χ3v) is 2.47. The second kappa shape index (κ2) is 4.71. The lowest BCUT2D eigenvalue weighted by atomic mass is 9.94. The van der Waals surface area contributed by atoms with Crippen molar-refractivity contribution in [1.29, 1.82) is 0 Å². The summed E-state index contributed by atoms with van der Waals surface area (Å²) in [4.78, 5) is 10.4. The van der Waals surface area contributed by atoms with Gasteiger partial charge >= 0.3 is 18.3 Å². The van der Waals surface area contributed by atoms with Gasteiger partial charge in [0.2, 0.25) is 0 Å². The third kappa shape index (κ3) is 2.75. The van der Waals surface area contributed by atoms with E-state index in [2.05, 4.69) is 0 Å². The number of carbonyl (C=O) groups is 1. The Kier molecular flexibility index (Phi) is 3.86. The summed E-state index contributed by atoms with van der Waals surface area (Å²) in [5.41, 5.74) is -5.96. The SMILES string of the molecule is Cc1cc(C=O)cc(C(F)(F)C(F)(F)F)c1C(F)(F)F. The van der Waals surface area contributed by atoms with E-state index in [1.165, 1.54) is 0 Å². The predicted octanol–water partition coefficient (Wildman–Crippen LogP) is 4.48. The molecule has 1 aromatic carbocycles. The van der Waals surface area contributed by atoms with E-state index in [0.29, 0.717) is 13.0 Å². The zero-order valence-electron chi connectivity index (χ0n) is 9.66. The molecular formula is C11H6F8O. The number of benzene rings is 1. The molecule has 0 fully saturated rings. The van der Waals surface area contributed by atoms with Crippen molar-refractivity contribution in [3.05, 3.63) is 34.4 Å². The Morgan fingerprint density at radius 1 is 0.950 bits per heavy atom. The van der Waals surface area contributed by atoms with Crippen LogP contribution in [0.1, 0.15) is 27.0 Å². The summed E-state index contributed by atoms with van der Waals surface area (Å²) in [6.07, 6.45) is -11.7. The summed E-state index contributed by atoms with van der Waals surface area (Å²) < 4.78 is 101. The van der Waals surface area contributed by atoms with Gasteiger partial charge in [0.1, 0.15) is 6.29 Å². The van der Waals surface area contributed by atoms with Gasteiger partial charge in [-0.2, -0.15) is 35.1 Å². The Bertz CT molecular complexity index is 526. The zero-order chi connectivity index (χ0) is 15.9. The van der Waals surface area contributed by atoms with Crippen LogP contribution in [-0.4, -0.2) is 12.5 Å². The molecule has 0 aliphatic carbocycles. The molecule has 112 valence electrons. The van der Waals surface area contributed by atoms with E-state index in [9.17, 15) is 39.9 Å². The Hall–Kier alpha value is -1.67. The molecule has 9 heteroatoms. The van der Waals surface area contributed by atoms with E-state index in [-0.39, 0.29) is 12.4 Å². The van der Waals surface area contributed by atoms with Gasteiger partial charge in [-0.05, 0) is 24.6 Å². The van der Waals surface area contributed by atoms with E-state index in [1.54, 1.807) is 0 Å². The number of halogens is 8. The fourth-order valence-corrected chi connectivity index (χ4v) is 1.66. The number of rotatable bonds is 2. The van der Waals surface area contributed by atoms with Crippen LogP contribution in [0.4, 0.5) is 35.1 Å². The summed E-state index contributed by atoms with van der Waals surface area (Å²) in [5, 5.41) is 0. The van der Waals surface area contributed by atoms with Crippen molar-refractivity contribution in [2.45, 2.75) is 25.2 Å². The fraction of sp³-hybridized carbons (Fsp3) is 0.364. The number of aryl methyl sites for hydroxylation is 1. The van der Waals surface area contributed by atoms with Gasteiger partial charge < -0.3 is 0 Å². The average molecular weight is 306 g/mol. The van der Waals surface area contributed by atoms with Gasteiger partial charge in [0, 0.05) is 11.1 Å². The van der Waals surface area contributed by atoms with Crippen molar-refractivity contribution in [3.63, 3.8) is 0 Å². The average Bonchev–Trinajstić information content (AvgIpc) is 2.24. The zero-order valence-corrected chi connectivity index (χ0v) is 9.66. The molecule has 0 radical (unpaired) electrons. The lowest BCUT2D eigenvalue weighted by Gasteiger charge is -2.25. The topological polar surface area (TPSA) is 17.1 Å². The van der Waals surface area contributed by atoms with Gasteiger partial charge in [-0.3, -0.25) is 4.79 Å². The molecule has 1 nitrogen and oxygen atoms in total. The molecule has 1 aromatic rings. The van der Waals surface area contributed by atoms with Crippen molar-refractivity contribution < 1.29 is 39.9 Å².